The van der Waals surface area contributed by atoms with Gasteiger partial charge in [0.05, 0.1) is 6.61 Å². The summed E-state index contributed by atoms with van der Waals surface area (Å²) < 4.78 is 23.6. The van der Waals surface area contributed by atoms with Crippen LogP contribution in [0.2, 0.25) is 0 Å². The Bertz CT molecular complexity index is 315. The van der Waals surface area contributed by atoms with Crippen LogP contribution in [-0.2, 0) is 4.74 Å². The van der Waals surface area contributed by atoms with Crippen LogP contribution < -0.4 is 10.5 Å². The van der Waals surface area contributed by atoms with Crippen molar-refractivity contribution in [1.29, 1.82) is 0 Å². The second-order valence-corrected chi connectivity index (χ2v) is 3.28. The lowest BCUT2D eigenvalue weighted by Crippen LogP contribution is -2.12. The summed E-state index contributed by atoms with van der Waals surface area (Å²) in [5.74, 6) is 0.155. The second kappa shape index (κ2) is 5.68. The van der Waals surface area contributed by atoms with E-state index in [2.05, 4.69) is 0 Å². The van der Waals surface area contributed by atoms with Gasteiger partial charge in [0.25, 0.3) is 0 Å². The van der Waals surface area contributed by atoms with Gasteiger partial charge in [-0.2, -0.15) is 0 Å². The number of methoxy groups -OCH3 is 1. The van der Waals surface area contributed by atoms with E-state index < -0.39 is 0 Å². The van der Waals surface area contributed by atoms with Crippen LogP contribution in [0.5, 0.6) is 5.75 Å². The SMILES string of the molecule is COCCOc1cccc(F)c1C(C)N. The Balaban J connectivity index is 2.81. The van der Waals surface area contributed by atoms with E-state index in [4.69, 9.17) is 15.2 Å². The van der Waals surface area contributed by atoms with E-state index in [1.807, 2.05) is 0 Å². The Labute approximate surface area is 89.0 Å². The first-order valence-corrected chi connectivity index (χ1v) is 4.82. The zero-order chi connectivity index (χ0) is 11.3. The maximum atomic E-state index is 13.4. The monoisotopic (exact) mass is 213 g/mol. The summed E-state index contributed by atoms with van der Waals surface area (Å²) in [6.45, 7) is 2.58. The lowest BCUT2D eigenvalue weighted by molar-refractivity contribution is 0.145. The van der Waals surface area contributed by atoms with Gasteiger partial charge in [-0.25, -0.2) is 4.39 Å². The van der Waals surface area contributed by atoms with Gasteiger partial charge in [-0.15, -0.1) is 0 Å². The molecule has 0 saturated heterocycles. The first-order valence-electron chi connectivity index (χ1n) is 4.82. The number of rotatable bonds is 5. The molecular weight excluding hydrogens is 197 g/mol. The number of hydrogen-bond donors (Lipinski definition) is 1. The summed E-state index contributed by atoms with van der Waals surface area (Å²) >= 11 is 0. The fourth-order valence-corrected chi connectivity index (χ4v) is 1.32. The average Bonchev–Trinajstić information content (AvgIpc) is 2.17. The highest BCUT2D eigenvalue weighted by Gasteiger charge is 2.13. The molecule has 1 aromatic rings. The Morgan fingerprint density at radius 3 is 2.73 bits per heavy atom. The van der Waals surface area contributed by atoms with Crippen LogP contribution in [0, 0.1) is 5.82 Å². The highest BCUT2D eigenvalue weighted by atomic mass is 19.1. The van der Waals surface area contributed by atoms with Crippen molar-refractivity contribution in [2.75, 3.05) is 20.3 Å². The molecule has 0 aliphatic carbocycles. The van der Waals surface area contributed by atoms with Crippen LogP contribution in [0.4, 0.5) is 4.39 Å². The van der Waals surface area contributed by atoms with E-state index in [1.54, 1.807) is 26.2 Å². The van der Waals surface area contributed by atoms with Crippen molar-refractivity contribution in [3.05, 3.63) is 29.6 Å². The molecule has 1 unspecified atom stereocenters. The van der Waals surface area contributed by atoms with E-state index in [0.717, 1.165) is 0 Å². The summed E-state index contributed by atoms with van der Waals surface area (Å²) in [5.41, 5.74) is 6.08. The minimum atomic E-state index is -0.385. The molecule has 4 heteroatoms. The van der Waals surface area contributed by atoms with Crippen LogP contribution in [-0.4, -0.2) is 20.3 Å². The number of nitrogens with two attached hydrogens (primary N) is 1. The van der Waals surface area contributed by atoms with Crippen molar-refractivity contribution < 1.29 is 13.9 Å². The maximum Gasteiger partial charge on any atom is 0.131 e. The maximum absolute atomic E-state index is 13.4. The van der Waals surface area contributed by atoms with Crippen molar-refractivity contribution in [3.63, 3.8) is 0 Å². The summed E-state index contributed by atoms with van der Waals surface area (Å²) in [7, 11) is 1.58. The molecule has 1 rings (SSSR count). The van der Waals surface area contributed by atoms with Crippen LogP contribution in [0.15, 0.2) is 18.2 Å². The van der Waals surface area contributed by atoms with Gasteiger partial charge in [0.1, 0.15) is 18.2 Å². The molecule has 0 aliphatic rings. The lowest BCUT2D eigenvalue weighted by Gasteiger charge is -2.14. The summed E-state index contributed by atoms with van der Waals surface area (Å²) in [4.78, 5) is 0. The third kappa shape index (κ3) is 3.18. The molecule has 0 amide bonds. The van der Waals surface area contributed by atoms with Gasteiger partial charge in [-0.05, 0) is 19.1 Å². The van der Waals surface area contributed by atoms with Gasteiger partial charge in [0, 0.05) is 18.7 Å². The highest BCUT2D eigenvalue weighted by molar-refractivity contribution is 5.36. The molecule has 1 aromatic carbocycles. The van der Waals surface area contributed by atoms with Gasteiger partial charge in [0.2, 0.25) is 0 Å². The van der Waals surface area contributed by atoms with E-state index in [-0.39, 0.29) is 11.9 Å². The second-order valence-electron chi connectivity index (χ2n) is 3.28. The Kier molecular flexibility index (Phi) is 4.52. The highest BCUT2D eigenvalue weighted by Crippen LogP contribution is 2.26. The smallest absolute Gasteiger partial charge is 0.131 e. The lowest BCUT2D eigenvalue weighted by atomic mass is 10.1. The Hall–Kier alpha value is -1.13. The van der Waals surface area contributed by atoms with Crippen LogP contribution in [0.1, 0.15) is 18.5 Å². The molecule has 0 spiro atoms. The summed E-state index contributed by atoms with van der Waals surface area (Å²) in [5, 5.41) is 0. The van der Waals surface area contributed by atoms with Crippen LogP contribution in [0.3, 0.4) is 0 Å². The van der Waals surface area contributed by atoms with E-state index in [9.17, 15) is 4.39 Å². The summed E-state index contributed by atoms with van der Waals surface area (Å²) in [6, 6.07) is 4.30. The fourth-order valence-electron chi connectivity index (χ4n) is 1.32. The molecule has 0 fully saturated rings. The predicted molar refractivity (Wildman–Crippen MR) is 56.4 cm³/mol. The van der Waals surface area contributed by atoms with Crippen molar-refractivity contribution >= 4 is 0 Å². The predicted octanol–water partition coefficient (Wildman–Crippen LogP) is 1.87. The Morgan fingerprint density at radius 1 is 1.40 bits per heavy atom. The van der Waals surface area contributed by atoms with Crippen molar-refractivity contribution in [2.45, 2.75) is 13.0 Å². The first-order chi connectivity index (χ1) is 7.16. The van der Waals surface area contributed by atoms with E-state index >= 15 is 0 Å². The van der Waals surface area contributed by atoms with E-state index in [1.165, 1.54) is 6.07 Å². The number of hydrogen-bond acceptors (Lipinski definition) is 3. The van der Waals surface area contributed by atoms with Crippen molar-refractivity contribution in [2.24, 2.45) is 5.73 Å². The van der Waals surface area contributed by atoms with Gasteiger partial charge in [-0.1, -0.05) is 6.07 Å². The number of halogens is 1. The van der Waals surface area contributed by atoms with Gasteiger partial charge in [-0.3, -0.25) is 0 Å². The summed E-state index contributed by atoms with van der Waals surface area (Å²) in [6.07, 6.45) is 0. The Morgan fingerprint density at radius 2 is 2.13 bits per heavy atom. The normalized spacial score (nSPS) is 12.5. The molecule has 3 nitrogen and oxygen atoms in total. The molecule has 0 aromatic heterocycles. The zero-order valence-electron chi connectivity index (χ0n) is 9.00. The number of ether oxygens (including phenoxy) is 2. The fraction of sp³-hybridized carbons (Fsp3) is 0.455. The van der Waals surface area contributed by atoms with Gasteiger partial charge < -0.3 is 15.2 Å². The quantitative estimate of drug-likeness (QED) is 0.759. The molecule has 2 N–H and O–H groups in total. The van der Waals surface area contributed by atoms with Gasteiger partial charge >= 0.3 is 0 Å². The standard InChI is InChI=1S/C11H16FNO2/c1-8(13)11-9(12)4-3-5-10(11)15-7-6-14-2/h3-5,8H,6-7,13H2,1-2H3. The molecule has 84 valence electrons. The molecular formula is C11H16FNO2. The molecule has 0 saturated carbocycles. The molecule has 1 atom stereocenters. The largest absolute Gasteiger partial charge is 0.491 e. The average molecular weight is 213 g/mol. The molecule has 0 bridgehead atoms. The van der Waals surface area contributed by atoms with E-state index in [0.29, 0.717) is 24.5 Å². The third-order valence-electron chi connectivity index (χ3n) is 2.01. The molecule has 0 aliphatic heterocycles. The van der Waals surface area contributed by atoms with Crippen LogP contribution in [0.25, 0.3) is 0 Å². The molecule has 0 heterocycles. The topological polar surface area (TPSA) is 44.5 Å². The van der Waals surface area contributed by atoms with Gasteiger partial charge in [0.15, 0.2) is 0 Å². The van der Waals surface area contributed by atoms with Crippen molar-refractivity contribution in [1.82, 2.24) is 0 Å². The van der Waals surface area contributed by atoms with Crippen LogP contribution >= 0.6 is 0 Å². The third-order valence-corrected chi connectivity index (χ3v) is 2.01. The minimum Gasteiger partial charge on any atom is -0.491 e. The molecule has 0 radical (unpaired) electrons. The number of benzene rings is 1. The minimum absolute atomic E-state index is 0.333. The zero-order valence-corrected chi connectivity index (χ0v) is 9.00. The first kappa shape index (κ1) is 11.9. The molecule has 15 heavy (non-hydrogen) atoms. The van der Waals surface area contributed by atoms with Crippen molar-refractivity contribution in [3.8, 4) is 5.75 Å².